The molecule has 0 fully saturated rings. The van der Waals surface area contributed by atoms with E-state index in [-0.39, 0.29) is 0 Å². The van der Waals surface area contributed by atoms with Gasteiger partial charge in [0.1, 0.15) is 6.07 Å². The van der Waals surface area contributed by atoms with E-state index in [4.69, 9.17) is 10.1 Å². The quantitative estimate of drug-likeness (QED) is 0.361. The van der Waals surface area contributed by atoms with Crippen LogP contribution in [-0.4, -0.2) is 11.6 Å². The molecule has 0 aromatic rings. The molecule has 0 amide bonds. The van der Waals surface area contributed by atoms with Crippen molar-refractivity contribution < 1.29 is 14.6 Å². The highest BCUT2D eigenvalue weighted by molar-refractivity contribution is 5.65. The first-order valence-electron chi connectivity index (χ1n) is 6.71. The van der Waals surface area contributed by atoms with Gasteiger partial charge in [-0.15, -0.1) is 6.58 Å². The van der Waals surface area contributed by atoms with Crippen molar-refractivity contribution in [1.29, 1.82) is 5.26 Å². The third kappa shape index (κ3) is 9.26. The van der Waals surface area contributed by atoms with Gasteiger partial charge in [0.2, 0.25) is 0 Å². The van der Waals surface area contributed by atoms with Crippen molar-refractivity contribution in [3.63, 3.8) is 0 Å². The Morgan fingerprint density at radius 1 is 1.42 bits per heavy atom. The lowest BCUT2D eigenvalue weighted by atomic mass is 9.92. The average Bonchev–Trinajstić information content (AvgIpc) is 2.33. The molecule has 19 heavy (non-hydrogen) atoms. The highest BCUT2D eigenvalue weighted by Gasteiger charge is 2.28. The first-order valence-corrected chi connectivity index (χ1v) is 6.71. The van der Waals surface area contributed by atoms with Crippen LogP contribution in [0.2, 0.25) is 0 Å². The van der Waals surface area contributed by atoms with Gasteiger partial charge in [-0.05, 0) is 45.4 Å². The van der Waals surface area contributed by atoms with Crippen LogP contribution in [0.3, 0.4) is 0 Å². The molecule has 0 aromatic carbocycles. The van der Waals surface area contributed by atoms with E-state index < -0.39 is 11.6 Å². The Bertz CT molecular complexity index is 346. The number of hydrogen-bond donors (Lipinski definition) is 0. The fourth-order valence-corrected chi connectivity index (χ4v) is 1.69. The van der Waals surface area contributed by atoms with E-state index in [1.165, 1.54) is 12.5 Å². The molecule has 0 aliphatic heterocycles. The predicted molar refractivity (Wildman–Crippen MR) is 73.9 cm³/mol. The van der Waals surface area contributed by atoms with Crippen molar-refractivity contribution in [3.8, 4) is 6.07 Å². The smallest absolute Gasteiger partial charge is 0.297 e. The van der Waals surface area contributed by atoms with Gasteiger partial charge in [-0.25, -0.2) is 4.79 Å². The number of carbonyl (C=O) groups is 1. The molecule has 0 N–H and O–H groups in total. The zero-order chi connectivity index (χ0) is 14.9. The van der Waals surface area contributed by atoms with Crippen LogP contribution in [-0.2, 0) is 14.6 Å². The summed E-state index contributed by atoms with van der Waals surface area (Å²) in [5.41, 5.74) is 0.140. The highest BCUT2D eigenvalue weighted by Crippen LogP contribution is 2.23. The van der Waals surface area contributed by atoms with Crippen LogP contribution in [0.4, 0.5) is 0 Å². The van der Waals surface area contributed by atoms with Gasteiger partial charge in [-0.3, -0.25) is 4.89 Å². The van der Waals surface area contributed by atoms with E-state index in [0.717, 1.165) is 25.7 Å². The summed E-state index contributed by atoms with van der Waals surface area (Å²) in [6, 6.07) is 2.05. The van der Waals surface area contributed by atoms with Gasteiger partial charge < -0.3 is 0 Å². The van der Waals surface area contributed by atoms with E-state index in [1.807, 2.05) is 13.0 Å². The van der Waals surface area contributed by atoms with E-state index in [1.54, 1.807) is 6.92 Å². The summed E-state index contributed by atoms with van der Waals surface area (Å²) in [7, 11) is 0. The van der Waals surface area contributed by atoms with Gasteiger partial charge >= 0.3 is 5.97 Å². The van der Waals surface area contributed by atoms with Crippen molar-refractivity contribution in [2.45, 2.75) is 65.4 Å². The maximum atomic E-state index is 10.7. The second-order valence-electron chi connectivity index (χ2n) is 5.49. The highest BCUT2D eigenvalue weighted by atomic mass is 17.2. The average molecular weight is 267 g/mol. The SMILES string of the molecule is C=C(C)CCCC(C)CCC(C)(C#N)OOC(C)=O. The molecular weight excluding hydrogens is 242 g/mol. The lowest BCUT2D eigenvalue weighted by Gasteiger charge is -2.21. The molecule has 0 rings (SSSR count). The number of hydrogen-bond acceptors (Lipinski definition) is 4. The van der Waals surface area contributed by atoms with Gasteiger partial charge in [0.05, 0.1) is 0 Å². The third-order valence-electron chi connectivity index (χ3n) is 2.99. The largest absolute Gasteiger partial charge is 0.339 e. The molecule has 108 valence electrons. The maximum absolute atomic E-state index is 10.7. The normalized spacial score (nSPS) is 15.1. The monoisotopic (exact) mass is 267 g/mol. The summed E-state index contributed by atoms with van der Waals surface area (Å²) in [6.45, 7) is 11.0. The van der Waals surface area contributed by atoms with Crippen LogP contribution in [0.15, 0.2) is 12.2 Å². The minimum absolute atomic E-state index is 0.507. The number of nitriles is 1. The van der Waals surface area contributed by atoms with Gasteiger partial charge in [0.25, 0.3) is 0 Å². The fourth-order valence-electron chi connectivity index (χ4n) is 1.69. The van der Waals surface area contributed by atoms with Crippen LogP contribution < -0.4 is 0 Å². The summed E-state index contributed by atoms with van der Waals surface area (Å²) in [6.07, 6.45) is 4.67. The third-order valence-corrected chi connectivity index (χ3v) is 2.99. The summed E-state index contributed by atoms with van der Waals surface area (Å²) in [4.78, 5) is 20.1. The molecule has 4 heteroatoms. The molecule has 4 nitrogen and oxygen atoms in total. The Kier molecular flexibility index (Phi) is 8.09. The van der Waals surface area contributed by atoms with Crippen LogP contribution in [0.25, 0.3) is 0 Å². The fraction of sp³-hybridized carbons (Fsp3) is 0.733. The minimum Gasteiger partial charge on any atom is -0.297 e. The topological polar surface area (TPSA) is 59.3 Å². The van der Waals surface area contributed by atoms with E-state index in [2.05, 4.69) is 18.4 Å². The molecule has 2 unspecified atom stereocenters. The van der Waals surface area contributed by atoms with E-state index in [0.29, 0.717) is 12.3 Å². The predicted octanol–water partition coefficient (Wildman–Crippen LogP) is 3.93. The van der Waals surface area contributed by atoms with E-state index >= 15 is 0 Å². The standard InChI is InChI=1S/C15H25NO3/c1-12(2)7-6-8-13(3)9-10-15(5,11-16)19-18-14(4)17/h13H,1,6-10H2,2-5H3. The molecule has 2 atom stereocenters. The Labute approximate surface area is 116 Å². The summed E-state index contributed by atoms with van der Waals surface area (Å²) in [5.74, 6) is -0.0380. The summed E-state index contributed by atoms with van der Waals surface area (Å²) < 4.78 is 0. The summed E-state index contributed by atoms with van der Waals surface area (Å²) >= 11 is 0. The molecule has 0 saturated heterocycles. The molecule has 0 aromatic heterocycles. The zero-order valence-corrected chi connectivity index (χ0v) is 12.5. The zero-order valence-electron chi connectivity index (χ0n) is 12.5. The lowest BCUT2D eigenvalue weighted by Crippen LogP contribution is -2.28. The van der Waals surface area contributed by atoms with Crippen molar-refractivity contribution >= 4 is 5.97 Å². The first kappa shape index (κ1) is 17.7. The molecule has 0 saturated carbocycles. The number of nitrogens with zero attached hydrogens (tertiary/aromatic N) is 1. The molecular formula is C15H25NO3. The molecule has 0 aliphatic carbocycles. The molecule has 0 aliphatic rings. The summed E-state index contributed by atoms with van der Waals surface area (Å²) in [5, 5.41) is 9.08. The van der Waals surface area contributed by atoms with Gasteiger partial charge in [-0.1, -0.05) is 18.9 Å². The van der Waals surface area contributed by atoms with Gasteiger partial charge in [0.15, 0.2) is 5.60 Å². The maximum Gasteiger partial charge on any atom is 0.339 e. The number of allylic oxidation sites excluding steroid dienone is 1. The van der Waals surface area contributed by atoms with Crippen molar-refractivity contribution in [2.24, 2.45) is 5.92 Å². The number of rotatable bonds is 9. The Hall–Kier alpha value is -1.34. The second-order valence-corrected chi connectivity index (χ2v) is 5.49. The molecule has 0 spiro atoms. The van der Waals surface area contributed by atoms with Gasteiger partial charge in [0, 0.05) is 6.92 Å². The minimum atomic E-state index is -1.06. The van der Waals surface area contributed by atoms with Crippen LogP contribution in [0, 0.1) is 17.2 Å². The molecule has 0 radical (unpaired) electrons. The lowest BCUT2D eigenvalue weighted by molar-refractivity contribution is -0.314. The second kappa shape index (κ2) is 8.71. The van der Waals surface area contributed by atoms with Crippen LogP contribution in [0.1, 0.15) is 59.8 Å². The Balaban J connectivity index is 4.02. The van der Waals surface area contributed by atoms with E-state index in [9.17, 15) is 4.79 Å². The van der Waals surface area contributed by atoms with Crippen molar-refractivity contribution in [2.75, 3.05) is 0 Å². The van der Waals surface area contributed by atoms with Gasteiger partial charge in [-0.2, -0.15) is 10.1 Å². The molecule has 0 bridgehead atoms. The Morgan fingerprint density at radius 2 is 2.05 bits per heavy atom. The molecule has 0 heterocycles. The number of carbonyl (C=O) groups excluding carboxylic acids is 1. The van der Waals surface area contributed by atoms with Crippen LogP contribution >= 0.6 is 0 Å². The van der Waals surface area contributed by atoms with Crippen LogP contribution in [0.5, 0.6) is 0 Å². The van der Waals surface area contributed by atoms with Crippen molar-refractivity contribution in [3.05, 3.63) is 12.2 Å². The Morgan fingerprint density at radius 3 is 2.53 bits per heavy atom. The van der Waals surface area contributed by atoms with Crippen molar-refractivity contribution in [1.82, 2.24) is 0 Å². The first-order chi connectivity index (χ1) is 8.79.